The molecule has 4 rings (SSSR count). The Hall–Kier alpha value is -2.67. The van der Waals surface area contributed by atoms with Crippen molar-refractivity contribution in [3.05, 3.63) is 64.0 Å². The molecule has 1 saturated heterocycles. The zero-order valence-corrected chi connectivity index (χ0v) is 19.3. The average molecular weight is 518 g/mol. The number of hydrogen-bond acceptors (Lipinski definition) is 8. The number of rotatable bonds is 3. The summed E-state index contributed by atoms with van der Waals surface area (Å²) >= 11 is 0. The number of alkyl halides is 3. The van der Waals surface area contributed by atoms with Crippen LogP contribution in [-0.4, -0.2) is 27.8 Å². The van der Waals surface area contributed by atoms with Crippen LogP contribution in [0.4, 0.5) is 13.2 Å². The first-order valence-electron chi connectivity index (χ1n) is 10.6. The molecule has 1 fully saturated rings. The summed E-state index contributed by atoms with van der Waals surface area (Å²) in [4.78, 5) is 15.2. The zero-order chi connectivity index (χ0) is 26.0. The van der Waals surface area contributed by atoms with E-state index in [2.05, 4.69) is 11.8 Å². The third-order valence-electron chi connectivity index (χ3n) is 5.72. The number of fused-ring (bicyclic) bond motifs is 1. The molecule has 0 aliphatic carbocycles. The molecule has 0 spiro atoms. The highest BCUT2D eigenvalue weighted by Gasteiger charge is 2.39. The molecule has 8 nitrogen and oxygen atoms in total. The van der Waals surface area contributed by atoms with Crippen LogP contribution in [0.3, 0.4) is 0 Å². The standard InChI is InChI=1S/C23H22F3NO3.ClHO4/c1-14-9-11-27(12-10-14)13-17-18(28)8-7-16-20(29)19(15-5-3-2-4-6-15)22(23(24,25)26)30-21(16)17;2-1(3,4)5/h2-8,14,28H,9-13H2,1H3;(H,2,3,4,5). The number of halogens is 4. The Morgan fingerprint density at radius 1 is 1.09 bits per heavy atom. The van der Waals surface area contributed by atoms with E-state index in [4.69, 9.17) is 23.1 Å². The number of phenols is 1. The number of phenolic OH excluding ortho intramolecular Hbond substituents is 1. The van der Waals surface area contributed by atoms with Crippen molar-refractivity contribution in [1.29, 1.82) is 0 Å². The van der Waals surface area contributed by atoms with E-state index in [0.29, 0.717) is 5.92 Å². The van der Waals surface area contributed by atoms with Gasteiger partial charge >= 0.3 is 6.18 Å². The highest BCUT2D eigenvalue weighted by molar-refractivity contribution is 5.86. The molecule has 2 N–H and O–H groups in total. The quantitative estimate of drug-likeness (QED) is 0.529. The van der Waals surface area contributed by atoms with E-state index in [1.165, 1.54) is 24.3 Å². The first-order chi connectivity index (χ1) is 16.3. The Kier molecular flexibility index (Phi) is 8.10. The Bertz CT molecular complexity index is 1210. The van der Waals surface area contributed by atoms with Crippen molar-refractivity contribution in [2.24, 2.45) is 5.92 Å². The van der Waals surface area contributed by atoms with Gasteiger partial charge in [-0.3, -0.25) is 9.69 Å². The van der Waals surface area contributed by atoms with Crippen molar-refractivity contribution >= 4 is 11.0 Å². The van der Waals surface area contributed by atoms with Crippen molar-refractivity contribution in [2.75, 3.05) is 13.1 Å². The van der Waals surface area contributed by atoms with Crippen LogP contribution in [-0.2, 0) is 12.7 Å². The summed E-state index contributed by atoms with van der Waals surface area (Å²) in [5.41, 5.74) is -1.13. The lowest BCUT2D eigenvalue weighted by Crippen LogP contribution is -2.58. The summed E-state index contributed by atoms with van der Waals surface area (Å²) in [5.74, 6) is -0.930. The van der Waals surface area contributed by atoms with Crippen LogP contribution >= 0.6 is 0 Å². The van der Waals surface area contributed by atoms with Crippen LogP contribution in [0.1, 0.15) is 31.1 Å². The lowest BCUT2D eigenvalue weighted by Gasteiger charge is -2.30. The number of likely N-dealkylation sites (tertiary alicyclic amines) is 1. The molecule has 1 aliphatic rings. The minimum atomic E-state index is -4.86. The Morgan fingerprint density at radius 3 is 2.20 bits per heavy atom. The summed E-state index contributed by atoms with van der Waals surface area (Å²) in [5, 5.41) is 10.4. The van der Waals surface area contributed by atoms with E-state index >= 15 is 0 Å². The topological polar surface area (TPSA) is 143 Å². The smallest absolute Gasteiger partial charge is 0.450 e. The average Bonchev–Trinajstić information content (AvgIpc) is 2.76. The van der Waals surface area contributed by atoms with Crippen molar-refractivity contribution in [1.82, 2.24) is 4.90 Å². The van der Waals surface area contributed by atoms with Gasteiger partial charge < -0.3 is 9.52 Å². The Labute approximate surface area is 200 Å². The lowest BCUT2D eigenvalue weighted by molar-refractivity contribution is -1.92. The second-order valence-electron chi connectivity index (χ2n) is 8.29. The molecule has 1 aliphatic heterocycles. The van der Waals surface area contributed by atoms with Gasteiger partial charge in [-0.25, -0.2) is 0 Å². The fraction of sp³-hybridized carbons (Fsp3) is 0.348. The van der Waals surface area contributed by atoms with Gasteiger partial charge in [-0.2, -0.15) is 27.1 Å². The lowest BCUT2D eigenvalue weighted by atomic mass is 9.97. The molecule has 2 heterocycles. The second kappa shape index (κ2) is 10.5. The normalized spacial score (nSPS) is 15.7. The molecular weight excluding hydrogens is 495 g/mol. The van der Waals surface area contributed by atoms with Gasteiger partial charge in [0.2, 0.25) is 11.2 Å². The van der Waals surface area contributed by atoms with E-state index < -0.39 is 33.2 Å². The first-order valence-corrected chi connectivity index (χ1v) is 11.8. The van der Waals surface area contributed by atoms with E-state index in [1.807, 2.05) is 0 Å². The van der Waals surface area contributed by atoms with Gasteiger partial charge in [-0.1, -0.05) is 37.3 Å². The first kappa shape index (κ1) is 26.9. The molecule has 0 saturated carbocycles. The van der Waals surface area contributed by atoms with Crippen molar-refractivity contribution in [2.45, 2.75) is 32.5 Å². The predicted molar refractivity (Wildman–Crippen MR) is 110 cm³/mol. The maximum absolute atomic E-state index is 13.9. The van der Waals surface area contributed by atoms with Gasteiger partial charge in [0, 0.05) is 6.54 Å². The summed E-state index contributed by atoms with van der Waals surface area (Å²) in [6.07, 6.45) is -2.91. The maximum atomic E-state index is 13.9. The summed E-state index contributed by atoms with van der Waals surface area (Å²) in [6.45, 7) is 3.93. The summed E-state index contributed by atoms with van der Waals surface area (Å²) < 4.78 is 79.7. The number of piperidine rings is 1. The number of nitrogens with zero attached hydrogens (tertiary/aromatic N) is 1. The third-order valence-corrected chi connectivity index (χ3v) is 5.72. The molecule has 0 atom stereocenters. The summed E-state index contributed by atoms with van der Waals surface area (Å²) in [7, 11) is -4.69. The zero-order valence-electron chi connectivity index (χ0n) is 18.5. The largest absolute Gasteiger partial charge is 0.507 e. The van der Waals surface area contributed by atoms with Gasteiger partial charge in [0.05, 0.1) is 31.4 Å². The van der Waals surface area contributed by atoms with Gasteiger partial charge in [-0.15, -0.1) is 0 Å². The summed E-state index contributed by atoms with van der Waals surface area (Å²) in [6, 6.07) is 10.4. The molecule has 190 valence electrons. The Morgan fingerprint density at radius 2 is 1.66 bits per heavy atom. The molecule has 0 radical (unpaired) electrons. The molecular formula is C23H23ClF3NO7. The van der Waals surface area contributed by atoms with Gasteiger partial charge in [-0.05, 0) is 49.5 Å². The fourth-order valence-electron chi connectivity index (χ4n) is 3.97. The van der Waals surface area contributed by atoms with E-state index in [9.17, 15) is 23.1 Å². The van der Waals surface area contributed by atoms with E-state index in [-0.39, 0.29) is 34.4 Å². The van der Waals surface area contributed by atoms with Crippen LogP contribution in [0.2, 0.25) is 0 Å². The third kappa shape index (κ3) is 6.94. The minimum absolute atomic E-state index is 0.0278. The van der Waals surface area contributed by atoms with Gasteiger partial charge in [0.25, 0.3) is 0 Å². The molecule has 35 heavy (non-hydrogen) atoms. The van der Waals surface area contributed by atoms with Gasteiger partial charge in [0.1, 0.15) is 11.3 Å². The van der Waals surface area contributed by atoms with Gasteiger partial charge in [0.15, 0.2) is 0 Å². The number of benzene rings is 2. The van der Waals surface area contributed by atoms with Crippen molar-refractivity contribution in [3.8, 4) is 16.9 Å². The van der Waals surface area contributed by atoms with Crippen LogP contribution in [0.5, 0.6) is 5.75 Å². The maximum Gasteiger partial charge on any atom is 0.450 e. The van der Waals surface area contributed by atoms with Crippen molar-refractivity contribution < 1.29 is 51.6 Å². The molecule has 0 unspecified atom stereocenters. The Balaban J connectivity index is 0.000000623. The number of aromatic hydroxyl groups is 1. The van der Waals surface area contributed by atoms with Crippen LogP contribution < -0.4 is 19.4 Å². The van der Waals surface area contributed by atoms with Crippen molar-refractivity contribution in [3.63, 3.8) is 0 Å². The molecule has 1 aromatic heterocycles. The van der Waals surface area contributed by atoms with E-state index in [0.717, 1.165) is 25.9 Å². The second-order valence-corrected chi connectivity index (χ2v) is 9.09. The van der Waals surface area contributed by atoms with Crippen LogP contribution in [0.15, 0.2) is 51.7 Å². The minimum Gasteiger partial charge on any atom is -0.507 e. The molecule has 0 bridgehead atoms. The molecule has 12 heteroatoms. The highest BCUT2D eigenvalue weighted by Crippen LogP contribution is 2.39. The highest BCUT2D eigenvalue weighted by atomic mass is 35.7. The van der Waals surface area contributed by atoms with Crippen LogP contribution in [0, 0.1) is 16.2 Å². The molecule has 0 amide bonds. The fourth-order valence-corrected chi connectivity index (χ4v) is 3.97. The predicted octanol–water partition coefficient (Wildman–Crippen LogP) is 1.29. The monoisotopic (exact) mass is 517 g/mol. The molecule has 3 aromatic rings. The molecule has 2 aromatic carbocycles. The number of hydrogen-bond donors (Lipinski definition) is 2. The SMILES string of the molecule is CC1CCN(Cc2c(O)ccc3c(=O)c(-c4ccccc4)c(C(F)(F)F)oc23)CC1.[O-][Cl+3]([O-])([O-])O. The van der Waals surface area contributed by atoms with Crippen LogP contribution in [0.25, 0.3) is 22.1 Å². The van der Waals surface area contributed by atoms with E-state index in [1.54, 1.807) is 18.2 Å².